The van der Waals surface area contributed by atoms with Crippen molar-refractivity contribution in [3.63, 3.8) is 0 Å². The van der Waals surface area contributed by atoms with Gasteiger partial charge >= 0.3 is 0 Å². The molecule has 1 aromatic rings. The van der Waals surface area contributed by atoms with Crippen molar-refractivity contribution in [2.45, 2.75) is 71.3 Å². The first kappa shape index (κ1) is 16.2. The smallest absolute Gasteiger partial charge is 0.0716 e. The lowest BCUT2D eigenvalue weighted by Crippen LogP contribution is -1.95. The molecule has 0 bridgehead atoms. The minimum absolute atomic E-state index is 0.762. The second kappa shape index (κ2) is 12.2. The molecule has 0 aliphatic rings. The molecule has 0 aromatic heterocycles. The normalized spacial score (nSPS) is 10.8. The van der Waals surface area contributed by atoms with Gasteiger partial charge in [0.1, 0.15) is 0 Å². The third kappa shape index (κ3) is 9.72. The average molecular weight is 262 g/mol. The molecule has 0 saturated carbocycles. The average Bonchev–Trinajstić information content (AvgIpc) is 2.46. The van der Waals surface area contributed by atoms with E-state index in [-0.39, 0.29) is 0 Å². The highest BCUT2D eigenvalue weighted by molar-refractivity contribution is 5.13. The van der Waals surface area contributed by atoms with Crippen LogP contribution in [0, 0.1) is 0 Å². The molecule has 1 aromatic carbocycles. The summed E-state index contributed by atoms with van der Waals surface area (Å²) in [5.74, 6) is 0. The van der Waals surface area contributed by atoms with Crippen LogP contribution in [0.15, 0.2) is 30.3 Å². The van der Waals surface area contributed by atoms with Crippen LogP contribution in [-0.4, -0.2) is 6.61 Å². The van der Waals surface area contributed by atoms with E-state index in [0.29, 0.717) is 0 Å². The first-order valence-corrected chi connectivity index (χ1v) is 8.05. The molecule has 0 aliphatic heterocycles. The van der Waals surface area contributed by atoms with E-state index in [1.807, 2.05) is 6.07 Å². The van der Waals surface area contributed by atoms with E-state index in [0.717, 1.165) is 13.2 Å². The Morgan fingerprint density at radius 2 is 1.32 bits per heavy atom. The lowest BCUT2D eigenvalue weighted by Gasteiger charge is -2.04. The van der Waals surface area contributed by atoms with Gasteiger partial charge in [0.15, 0.2) is 0 Å². The topological polar surface area (TPSA) is 9.23 Å². The molecule has 0 aliphatic carbocycles. The molecule has 0 N–H and O–H groups in total. The zero-order valence-electron chi connectivity index (χ0n) is 12.6. The van der Waals surface area contributed by atoms with E-state index in [1.54, 1.807) is 0 Å². The van der Waals surface area contributed by atoms with E-state index < -0.39 is 0 Å². The summed E-state index contributed by atoms with van der Waals surface area (Å²) in [6, 6.07) is 10.4. The standard InChI is InChI=1S/C18H30O/c1-2-3-4-5-6-7-8-9-13-16-19-17-18-14-11-10-12-15-18/h10-12,14-15H,2-9,13,16-17H2,1H3. The Kier molecular flexibility index (Phi) is 10.4. The Balaban J connectivity index is 1.79. The molecule has 0 saturated heterocycles. The fraction of sp³-hybridized carbons (Fsp3) is 0.667. The molecule has 0 spiro atoms. The molecule has 1 nitrogen and oxygen atoms in total. The molecule has 1 rings (SSSR count). The molecule has 0 atom stereocenters. The lowest BCUT2D eigenvalue weighted by atomic mass is 10.1. The number of hydrogen-bond donors (Lipinski definition) is 0. The largest absolute Gasteiger partial charge is 0.377 e. The quantitative estimate of drug-likeness (QED) is 0.437. The van der Waals surface area contributed by atoms with E-state index in [9.17, 15) is 0 Å². The molecule has 0 heterocycles. The van der Waals surface area contributed by atoms with Crippen molar-refractivity contribution in [1.82, 2.24) is 0 Å². The Morgan fingerprint density at radius 1 is 0.737 bits per heavy atom. The zero-order valence-corrected chi connectivity index (χ0v) is 12.6. The SMILES string of the molecule is CCCCCCCCCCCOCc1ccccc1. The van der Waals surface area contributed by atoms with Crippen molar-refractivity contribution in [2.75, 3.05) is 6.61 Å². The van der Waals surface area contributed by atoms with Crippen LogP contribution in [0.1, 0.15) is 70.3 Å². The van der Waals surface area contributed by atoms with Crippen LogP contribution in [0.25, 0.3) is 0 Å². The summed E-state index contributed by atoms with van der Waals surface area (Å²) < 4.78 is 5.68. The van der Waals surface area contributed by atoms with E-state index >= 15 is 0 Å². The zero-order chi connectivity index (χ0) is 13.6. The second-order valence-corrected chi connectivity index (χ2v) is 5.37. The van der Waals surface area contributed by atoms with Gasteiger partial charge < -0.3 is 4.74 Å². The van der Waals surface area contributed by atoms with E-state index in [2.05, 4.69) is 31.2 Å². The molecular formula is C18H30O. The van der Waals surface area contributed by atoms with Crippen molar-refractivity contribution in [2.24, 2.45) is 0 Å². The van der Waals surface area contributed by atoms with Crippen LogP contribution in [0.3, 0.4) is 0 Å². The summed E-state index contributed by atoms with van der Waals surface area (Å²) in [7, 11) is 0. The highest BCUT2D eigenvalue weighted by atomic mass is 16.5. The summed E-state index contributed by atoms with van der Waals surface area (Å²) in [6.07, 6.45) is 12.3. The van der Waals surface area contributed by atoms with Gasteiger partial charge in [-0.05, 0) is 12.0 Å². The number of unbranched alkanes of at least 4 members (excludes halogenated alkanes) is 8. The lowest BCUT2D eigenvalue weighted by molar-refractivity contribution is 0.116. The van der Waals surface area contributed by atoms with Gasteiger partial charge in [0.25, 0.3) is 0 Å². The predicted molar refractivity (Wildman–Crippen MR) is 83.3 cm³/mol. The summed E-state index contributed by atoms with van der Waals surface area (Å²) in [5, 5.41) is 0. The molecular weight excluding hydrogens is 232 g/mol. The molecule has 19 heavy (non-hydrogen) atoms. The van der Waals surface area contributed by atoms with Crippen LogP contribution in [0.5, 0.6) is 0 Å². The third-order valence-electron chi connectivity index (χ3n) is 3.50. The van der Waals surface area contributed by atoms with Gasteiger partial charge in [-0.3, -0.25) is 0 Å². The predicted octanol–water partition coefficient (Wildman–Crippen LogP) is 5.73. The summed E-state index contributed by atoms with van der Waals surface area (Å²) >= 11 is 0. The van der Waals surface area contributed by atoms with Gasteiger partial charge in [-0.2, -0.15) is 0 Å². The van der Waals surface area contributed by atoms with Gasteiger partial charge in [-0.1, -0.05) is 88.6 Å². The maximum atomic E-state index is 5.68. The number of benzene rings is 1. The highest BCUT2D eigenvalue weighted by Gasteiger charge is 1.94. The molecule has 1 heteroatoms. The molecule has 0 amide bonds. The fourth-order valence-corrected chi connectivity index (χ4v) is 2.28. The number of rotatable bonds is 12. The van der Waals surface area contributed by atoms with Crippen LogP contribution < -0.4 is 0 Å². The Bertz CT molecular complexity index is 281. The molecule has 0 radical (unpaired) electrons. The number of ether oxygens (including phenoxy) is 1. The molecule has 108 valence electrons. The van der Waals surface area contributed by atoms with Crippen LogP contribution in [-0.2, 0) is 11.3 Å². The van der Waals surface area contributed by atoms with Gasteiger partial charge in [-0.25, -0.2) is 0 Å². The van der Waals surface area contributed by atoms with Gasteiger partial charge in [0, 0.05) is 6.61 Å². The molecule has 0 unspecified atom stereocenters. The van der Waals surface area contributed by atoms with Gasteiger partial charge in [0.2, 0.25) is 0 Å². The summed E-state index contributed by atoms with van der Waals surface area (Å²) in [5.41, 5.74) is 1.28. The molecule has 0 fully saturated rings. The van der Waals surface area contributed by atoms with E-state index in [1.165, 1.54) is 63.4 Å². The van der Waals surface area contributed by atoms with Crippen LogP contribution >= 0.6 is 0 Å². The van der Waals surface area contributed by atoms with Crippen molar-refractivity contribution < 1.29 is 4.74 Å². The Labute approximate surface area is 119 Å². The van der Waals surface area contributed by atoms with Crippen molar-refractivity contribution in [3.05, 3.63) is 35.9 Å². The van der Waals surface area contributed by atoms with Crippen molar-refractivity contribution in [3.8, 4) is 0 Å². The van der Waals surface area contributed by atoms with Gasteiger partial charge in [0.05, 0.1) is 6.61 Å². The van der Waals surface area contributed by atoms with Crippen molar-refractivity contribution >= 4 is 0 Å². The number of hydrogen-bond acceptors (Lipinski definition) is 1. The summed E-state index contributed by atoms with van der Waals surface area (Å²) in [6.45, 7) is 3.94. The van der Waals surface area contributed by atoms with Crippen LogP contribution in [0.2, 0.25) is 0 Å². The third-order valence-corrected chi connectivity index (χ3v) is 3.50. The van der Waals surface area contributed by atoms with E-state index in [4.69, 9.17) is 4.74 Å². The minimum Gasteiger partial charge on any atom is -0.377 e. The van der Waals surface area contributed by atoms with Crippen molar-refractivity contribution in [1.29, 1.82) is 0 Å². The van der Waals surface area contributed by atoms with Gasteiger partial charge in [-0.15, -0.1) is 0 Å². The Hall–Kier alpha value is -0.820. The van der Waals surface area contributed by atoms with Crippen LogP contribution in [0.4, 0.5) is 0 Å². The Morgan fingerprint density at radius 3 is 1.95 bits per heavy atom. The monoisotopic (exact) mass is 262 g/mol. The minimum atomic E-state index is 0.762. The maximum Gasteiger partial charge on any atom is 0.0716 e. The first-order valence-electron chi connectivity index (χ1n) is 8.05. The highest BCUT2D eigenvalue weighted by Crippen LogP contribution is 2.09. The summed E-state index contributed by atoms with van der Waals surface area (Å²) in [4.78, 5) is 0. The maximum absolute atomic E-state index is 5.68. The second-order valence-electron chi connectivity index (χ2n) is 5.37. The first-order chi connectivity index (χ1) is 9.43. The fourth-order valence-electron chi connectivity index (χ4n) is 2.28.